The van der Waals surface area contributed by atoms with Crippen molar-refractivity contribution in [3.63, 3.8) is 0 Å². The monoisotopic (exact) mass is 340 g/mol. The van der Waals surface area contributed by atoms with Gasteiger partial charge in [0.15, 0.2) is 5.78 Å². The molecule has 2 rings (SSSR count). The Hall–Kier alpha value is -2.10. The van der Waals surface area contributed by atoms with Gasteiger partial charge in [-0.1, -0.05) is 6.92 Å². The van der Waals surface area contributed by atoms with E-state index >= 15 is 0 Å². The summed E-state index contributed by atoms with van der Waals surface area (Å²) in [5.74, 6) is -2.58. The Labute approximate surface area is 136 Å². The fourth-order valence-electron chi connectivity index (χ4n) is 3.13. The molecule has 24 heavy (non-hydrogen) atoms. The van der Waals surface area contributed by atoms with E-state index in [1.54, 1.807) is 0 Å². The molecular formula is C15H20N2O7. The van der Waals surface area contributed by atoms with Crippen molar-refractivity contribution in [3.05, 3.63) is 32.6 Å². The summed E-state index contributed by atoms with van der Waals surface area (Å²) in [6, 6.07) is 0. The first-order valence-electron chi connectivity index (χ1n) is 7.54. The first-order chi connectivity index (χ1) is 11.2. The number of ether oxygens (including phenoxy) is 1. The van der Waals surface area contributed by atoms with Crippen molar-refractivity contribution in [3.8, 4) is 0 Å². The van der Waals surface area contributed by atoms with Gasteiger partial charge in [0.2, 0.25) is 5.72 Å². The van der Waals surface area contributed by atoms with Crippen molar-refractivity contribution in [1.29, 1.82) is 0 Å². The lowest BCUT2D eigenvalue weighted by atomic mass is 9.84. The number of ketones is 2. The number of nitrogens with one attached hydrogen (secondary N) is 1. The maximum atomic E-state index is 12.7. The molecule has 1 fully saturated rings. The minimum atomic E-state index is -2.11. The third-order valence-electron chi connectivity index (χ3n) is 4.29. The average Bonchev–Trinajstić information content (AvgIpc) is 2.83. The average molecular weight is 340 g/mol. The molecule has 1 aliphatic rings. The van der Waals surface area contributed by atoms with Crippen LogP contribution in [-0.4, -0.2) is 50.1 Å². The van der Waals surface area contributed by atoms with Crippen LogP contribution in [0.5, 0.6) is 0 Å². The van der Waals surface area contributed by atoms with Gasteiger partial charge in [-0.15, -0.1) is 0 Å². The first-order valence-corrected chi connectivity index (χ1v) is 7.54. The number of aromatic nitrogens is 2. The van der Waals surface area contributed by atoms with Crippen LogP contribution >= 0.6 is 0 Å². The molecule has 0 amide bonds. The van der Waals surface area contributed by atoms with Gasteiger partial charge in [0.05, 0.1) is 12.7 Å². The zero-order valence-electron chi connectivity index (χ0n) is 13.6. The highest BCUT2D eigenvalue weighted by Gasteiger charge is 2.62. The summed E-state index contributed by atoms with van der Waals surface area (Å²) in [4.78, 5) is 50.8. The summed E-state index contributed by atoms with van der Waals surface area (Å²) >= 11 is 0. The van der Waals surface area contributed by atoms with Gasteiger partial charge >= 0.3 is 5.69 Å². The fraction of sp³-hybridized carbons (Fsp3) is 0.600. The van der Waals surface area contributed by atoms with Crippen LogP contribution in [0.1, 0.15) is 25.8 Å². The number of aryl methyl sites for hydroxylation is 1. The number of aliphatic hydroxyl groups excluding tert-OH is 2. The zero-order chi connectivity index (χ0) is 18.2. The lowest BCUT2D eigenvalue weighted by Gasteiger charge is -2.33. The number of rotatable bonds is 5. The van der Waals surface area contributed by atoms with Crippen LogP contribution in [0.3, 0.4) is 0 Å². The van der Waals surface area contributed by atoms with Crippen LogP contribution in [0.4, 0.5) is 0 Å². The molecule has 0 aliphatic carbocycles. The van der Waals surface area contributed by atoms with E-state index in [9.17, 15) is 29.4 Å². The second kappa shape index (κ2) is 6.42. The number of hydrogen-bond donors (Lipinski definition) is 3. The lowest BCUT2D eigenvalue weighted by Crippen LogP contribution is -2.55. The highest BCUT2D eigenvalue weighted by atomic mass is 16.6. The van der Waals surface area contributed by atoms with Crippen molar-refractivity contribution in [2.75, 3.05) is 6.61 Å². The molecule has 0 radical (unpaired) electrons. The Kier molecular flexibility index (Phi) is 4.88. The number of aliphatic hydroxyl groups is 2. The summed E-state index contributed by atoms with van der Waals surface area (Å²) in [5.41, 5.74) is -3.55. The summed E-state index contributed by atoms with van der Waals surface area (Å²) in [6.45, 7) is 3.47. The third kappa shape index (κ3) is 2.54. The predicted octanol–water partition coefficient (Wildman–Crippen LogP) is -1.57. The number of nitrogens with zero attached hydrogens (tertiary/aromatic N) is 1. The number of aromatic amines is 1. The third-order valence-corrected chi connectivity index (χ3v) is 4.29. The quantitative estimate of drug-likeness (QED) is 0.589. The molecule has 1 aliphatic heterocycles. The number of hydrogen-bond acceptors (Lipinski definition) is 7. The molecule has 9 nitrogen and oxygen atoms in total. The van der Waals surface area contributed by atoms with Gasteiger partial charge in [0.1, 0.15) is 17.8 Å². The Morgan fingerprint density at radius 3 is 2.54 bits per heavy atom. The minimum Gasteiger partial charge on any atom is -0.394 e. The number of carbonyl (C=O) groups excluding carboxylic acids is 2. The zero-order valence-corrected chi connectivity index (χ0v) is 13.6. The maximum absolute atomic E-state index is 12.7. The number of H-pyrrole nitrogens is 1. The molecule has 0 saturated carbocycles. The molecule has 0 spiro atoms. The van der Waals surface area contributed by atoms with Crippen molar-refractivity contribution in [1.82, 2.24) is 9.55 Å². The topological polar surface area (TPSA) is 139 Å². The second-order valence-corrected chi connectivity index (χ2v) is 5.83. The first kappa shape index (κ1) is 18.2. The van der Waals surface area contributed by atoms with Crippen LogP contribution in [0.15, 0.2) is 15.8 Å². The lowest BCUT2D eigenvalue weighted by molar-refractivity contribution is -0.171. The molecule has 2 heterocycles. The summed E-state index contributed by atoms with van der Waals surface area (Å²) in [5, 5.41) is 19.7. The summed E-state index contributed by atoms with van der Waals surface area (Å²) in [7, 11) is 0. The van der Waals surface area contributed by atoms with E-state index in [0.29, 0.717) is 0 Å². The number of carbonyl (C=O) groups is 2. The predicted molar refractivity (Wildman–Crippen MR) is 81.5 cm³/mol. The molecule has 1 aromatic rings. The van der Waals surface area contributed by atoms with Gasteiger partial charge in [-0.05, 0) is 13.8 Å². The molecule has 3 N–H and O–H groups in total. The Morgan fingerprint density at radius 1 is 1.42 bits per heavy atom. The van der Waals surface area contributed by atoms with Gasteiger partial charge in [0, 0.05) is 18.2 Å². The summed E-state index contributed by atoms with van der Waals surface area (Å²) < 4.78 is 6.40. The van der Waals surface area contributed by atoms with Gasteiger partial charge in [0.25, 0.3) is 5.56 Å². The van der Waals surface area contributed by atoms with Gasteiger partial charge in [-0.3, -0.25) is 23.9 Å². The molecule has 0 bridgehead atoms. The highest BCUT2D eigenvalue weighted by Crippen LogP contribution is 2.41. The van der Waals surface area contributed by atoms with E-state index in [1.807, 2.05) is 0 Å². The van der Waals surface area contributed by atoms with Crippen molar-refractivity contribution >= 4 is 11.6 Å². The van der Waals surface area contributed by atoms with E-state index < -0.39 is 53.3 Å². The van der Waals surface area contributed by atoms with Gasteiger partial charge in [-0.2, -0.15) is 0 Å². The van der Waals surface area contributed by atoms with E-state index in [1.165, 1.54) is 13.8 Å². The minimum absolute atomic E-state index is 0.0841. The van der Waals surface area contributed by atoms with Crippen molar-refractivity contribution in [2.45, 2.75) is 45.1 Å². The summed E-state index contributed by atoms with van der Waals surface area (Å²) in [6.07, 6.45) is -1.65. The normalized spacial score (nSPS) is 29.6. The van der Waals surface area contributed by atoms with Gasteiger partial charge < -0.3 is 14.9 Å². The largest absolute Gasteiger partial charge is 0.394 e. The van der Waals surface area contributed by atoms with Crippen LogP contribution in [0, 0.1) is 12.8 Å². The SMILES string of the molecule is CCC(=O)[C@@]1(n2cc(C)c(=O)[nH]c2=O)O[C@H](CO)[C@@H](O)C1C(C)=O. The van der Waals surface area contributed by atoms with Crippen molar-refractivity contribution < 1.29 is 24.5 Å². The molecule has 132 valence electrons. The van der Waals surface area contributed by atoms with Crippen LogP contribution < -0.4 is 11.2 Å². The smallest absolute Gasteiger partial charge is 0.331 e. The molecule has 1 aromatic heterocycles. The second-order valence-electron chi connectivity index (χ2n) is 5.83. The maximum Gasteiger partial charge on any atom is 0.331 e. The molecule has 0 aromatic carbocycles. The van der Waals surface area contributed by atoms with Crippen molar-refractivity contribution in [2.24, 2.45) is 5.92 Å². The fourth-order valence-corrected chi connectivity index (χ4v) is 3.13. The molecule has 9 heteroatoms. The molecule has 4 atom stereocenters. The Bertz CT molecular complexity index is 781. The standard InChI is InChI=1S/C15H20N2O7/c1-4-10(20)15(17-5-7(2)13(22)16-14(17)23)11(8(3)19)12(21)9(6-18)24-15/h5,9,11-12,18,21H,4,6H2,1-3H3,(H,16,22,23)/t9-,11?,12-,15-/m1/s1. The Morgan fingerprint density at radius 2 is 2.04 bits per heavy atom. The molecule has 1 saturated heterocycles. The van der Waals surface area contributed by atoms with Crippen LogP contribution in [-0.2, 0) is 20.1 Å². The van der Waals surface area contributed by atoms with E-state index in [4.69, 9.17) is 4.74 Å². The molecule has 1 unspecified atom stereocenters. The van der Waals surface area contributed by atoms with E-state index in [2.05, 4.69) is 4.98 Å². The van der Waals surface area contributed by atoms with E-state index in [0.717, 1.165) is 17.7 Å². The molecular weight excluding hydrogens is 320 g/mol. The van der Waals surface area contributed by atoms with Gasteiger partial charge in [-0.25, -0.2) is 4.79 Å². The van der Waals surface area contributed by atoms with Crippen LogP contribution in [0.2, 0.25) is 0 Å². The Balaban J connectivity index is 2.83. The van der Waals surface area contributed by atoms with Crippen LogP contribution in [0.25, 0.3) is 0 Å². The van der Waals surface area contributed by atoms with E-state index in [-0.39, 0.29) is 12.0 Å². The number of Topliss-reactive ketones (excluding diaryl/α,β-unsaturated/α-hetero) is 2. The highest BCUT2D eigenvalue weighted by molar-refractivity contribution is 5.93.